The van der Waals surface area contributed by atoms with Crippen molar-refractivity contribution in [2.24, 2.45) is 17.8 Å². The molecule has 3 unspecified atom stereocenters. The van der Waals surface area contributed by atoms with E-state index >= 15 is 0 Å². The van der Waals surface area contributed by atoms with Gasteiger partial charge in [0.2, 0.25) is 0 Å². The first kappa shape index (κ1) is 14.5. The van der Waals surface area contributed by atoms with Crippen LogP contribution >= 0.6 is 27.3 Å². The van der Waals surface area contributed by atoms with E-state index in [2.05, 4.69) is 55.1 Å². The Kier molecular flexibility index (Phi) is 4.90. The van der Waals surface area contributed by atoms with Crippen molar-refractivity contribution in [1.29, 1.82) is 0 Å². The summed E-state index contributed by atoms with van der Waals surface area (Å²) >= 11 is 5.55. The third-order valence-corrected chi connectivity index (χ3v) is 6.40. The second-order valence-corrected chi connectivity index (χ2v) is 8.45. The lowest BCUT2D eigenvalue weighted by Crippen LogP contribution is -2.30. The molecule has 1 fully saturated rings. The van der Waals surface area contributed by atoms with Crippen LogP contribution in [0.25, 0.3) is 0 Å². The zero-order chi connectivity index (χ0) is 13.3. The molecule has 1 heterocycles. The standard InChI is InChI=1S/C15H24BrNS/c1-9-5-10(2)7-12(6-9)14(17-4)13-8-11(3)15(16)18-13/h8-10,12,14,17H,5-7H2,1-4H3. The molecule has 1 aromatic heterocycles. The fourth-order valence-electron chi connectivity index (χ4n) is 3.53. The monoisotopic (exact) mass is 329 g/mol. The van der Waals surface area contributed by atoms with Crippen molar-refractivity contribution in [1.82, 2.24) is 5.32 Å². The number of halogens is 1. The Labute approximate surface area is 123 Å². The van der Waals surface area contributed by atoms with Crippen LogP contribution in [-0.4, -0.2) is 7.05 Å². The van der Waals surface area contributed by atoms with Crippen molar-refractivity contribution in [3.05, 3.63) is 20.3 Å². The van der Waals surface area contributed by atoms with Crippen molar-refractivity contribution in [3.8, 4) is 0 Å². The SMILES string of the molecule is CNC(c1cc(C)c(Br)s1)C1CC(C)CC(C)C1. The molecule has 0 aromatic carbocycles. The summed E-state index contributed by atoms with van der Waals surface area (Å²) in [6.07, 6.45) is 4.13. The van der Waals surface area contributed by atoms with Gasteiger partial charge in [-0.25, -0.2) is 0 Å². The molecule has 1 N–H and O–H groups in total. The predicted molar refractivity (Wildman–Crippen MR) is 84.2 cm³/mol. The summed E-state index contributed by atoms with van der Waals surface area (Å²) in [5.74, 6) is 2.54. The molecule has 3 heteroatoms. The highest BCUT2D eigenvalue weighted by molar-refractivity contribution is 9.11. The summed E-state index contributed by atoms with van der Waals surface area (Å²) in [5.41, 5.74) is 1.37. The average molecular weight is 330 g/mol. The average Bonchev–Trinajstić information content (AvgIpc) is 2.58. The van der Waals surface area contributed by atoms with E-state index in [4.69, 9.17) is 0 Å². The van der Waals surface area contributed by atoms with Gasteiger partial charge in [0, 0.05) is 10.9 Å². The van der Waals surface area contributed by atoms with Gasteiger partial charge in [-0.3, -0.25) is 0 Å². The molecule has 1 aliphatic carbocycles. The predicted octanol–water partition coefficient (Wildman–Crippen LogP) is 5.15. The zero-order valence-electron chi connectivity index (χ0n) is 11.8. The number of rotatable bonds is 3. The molecule has 2 rings (SSSR count). The highest BCUT2D eigenvalue weighted by Crippen LogP contribution is 2.42. The van der Waals surface area contributed by atoms with E-state index in [1.807, 2.05) is 11.3 Å². The lowest BCUT2D eigenvalue weighted by molar-refractivity contribution is 0.182. The molecule has 18 heavy (non-hydrogen) atoms. The van der Waals surface area contributed by atoms with Crippen molar-refractivity contribution in [2.75, 3.05) is 7.05 Å². The molecule has 1 nitrogen and oxygen atoms in total. The number of hydrogen-bond acceptors (Lipinski definition) is 2. The molecule has 0 saturated heterocycles. The summed E-state index contributed by atoms with van der Waals surface area (Å²) in [5, 5.41) is 3.56. The Bertz CT molecular complexity index is 372. The minimum absolute atomic E-state index is 0.533. The van der Waals surface area contributed by atoms with Crippen LogP contribution in [0.2, 0.25) is 0 Å². The highest BCUT2D eigenvalue weighted by Gasteiger charge is 2.31. The van der Waals surface area contributed by atoms with E-state index in [1.165, 1.54) is 33.5 Å². The Balaban J connectivity index is 2.17. The van der Waals surface area contributed by atoms with Gasteiger partial charge in [0.25, 0.3) is 0 Å². The van der Waals surface area contributed by atoms with Gasteiger partial charge in [0.1, 0.15) is 0 Å². The molecule has 0 radical (unpaired) electrons. The molecule has 1 aromatic rings. The molecule has 0 spiro atoms. The summed E-state index contributed by atoms with van der Waals surface area (Å²) < 4.78 is 1.29. The zero-order valence-corrected chi connectivity index (χ0v) is 14.2. The van der Waals surface area contributed by atoms with Gasteiger partial charge in [0.15, 0.2) is 0 Å². The van der Waals surface area contributed by atoms with Gasteiger partial charge in [-0.05, 0) is 78.5 Å². The van der Waals surface area contributed by atoms with Crippen LogP contribution in [0.5, 0.6) is 0 Å². The second kappa shape index (κ2) is 6.06. The summed E-state index contributed by atoms with van der Waals surface area (Å²) in [6.45, 7) is 7.00. The lowest BCUT2D eigenvalue weighted by Gasteiger charge is -2.36. The van der Waals surface area contributed by atoms with E-state index in [9.17, 15) is 0 Å². The third-order valence-electron chi connectivity index (χ3n) is 4.18. The first-order valence-electron chi connectivity index (χ1n) is 6.94. The van der Waals surface area contributed by atoms with E-state index < -0.39 is 0 Å². The number of aryl methyl sites for hydroxylation is 1. The maximum Gasteiger partial charge on any atom is 0.0731 e. The quantitative estimate of drug-likeness (QED) is 0.808. The maximum atomic E-state index is 3.65. The summed E-state index contributed by atoms with van der Waals surface area (Å²) in [7, 11) is 2.11. The Morgan fingerprint density at radius 1 is 1.28 bits per heavy atom. The number of thiophene rings is 1. The van der Waals surface area contributed by atoms with Gasteiger partial charge >= 0.3 is 0 Å². The normalized spacial score (nSPS) is 30.4. The smallest absolute Gasteiger partial charge is 0.0731 e. The molecule has 0 aliphatic heterocycles. The Morgan fingerprint density at radius 2 is 1.89 bits per heavy atom. The molecule has 1 saturated carbocycles. The van der Waals surface area contributed by atoms with E-state index in [0.29, 0.717) is 6.04 Å². The summed E-state index contributed by atoms with van der Waals surface area (Å²) in [6, 6.07) is 2.88. The van der Waals surface area contributed by atoms with Crippen LogP contribution in [-0.2, 0) is 0 Å². The Morgan fingerprint density at radius 3 is 2.33 bits per heavy atom. The van der Waals surface area contributed by atoms with Gasteiger partial charge in [0.05, 0.1) is 3.79 Å². The van der Waals surface area contributed by atoms with Gasteiger partial charge < -0.3 is 5.32 Å². The van der Waals surface area contributed by atoms with Crippen molar-refractivity contribution >= 4 is 27.3 Å². The molecule has 102 valence electrons. The van der Waals surface area contributed by atoms with Gasteiger partial charge in [-0.2, -0.15) is 0 Å². The van der Waals surface area contributed by atoms with E-state index in [0.717, 1.165) is 17.8 Å². The van der Waals surface area contributed by atoms with E-state index in [-0.39, 0.29) is 0 Å². The fraction of sp³-hybridized carbons (Fsp3) is 0.733. The van der Waals surface area contributed by atoms with Crippen LogP contribution in [0.1, 0.15) is 49.6 Å². The largest absolute Gasteiger partial charge is 0.312 e. The van der Waals surface area contributed by atoms with Crippen molar-refractivity contribution < 1.29 is 0 Å². The van der Waals surface area contributed by atoms with Crippen molar-refractivity contribution in [2.45, 2.75) is 46.1 Å². The topological polar surface area (TPSA) is 12.0 Å². The van der Waals surface area contributed by atoms with E-state index in [1.54, 1.807) is 0 Å². The van der Waals surface area contributed by atoms with Crippen LogP contribution in [0.3, 0.4) is 0 Å². The fourth-order valence-corrected chi connectivity index (χ4v) is 5.30. The van der Waals surface area contributed by atoms with Crippen molar-refractivity contribution in [3.63, 3.8) is 0 Å². The second-order valence-electron chi connectivity index (χ2n) is 6.05. The van der Waals surface area contributed by atoms with Crippen LogP contribution in [0, 0.1) is 24.7 Å². The third kappa shape index (κ3) is 3.17. The first-order valence-corrected chi connectivity index (χ1v) is 8.55. The Hall–Kier alpha value is 0.140. The molecular weight excluding hydrogens is 306 g/mol. The lowest BCUT2D eigenvalue weighted by atomic mass is 9.73. The molecule has 3 atom stereocenters. The molecule has 0 amide bonds. The minimum atomic E-state index is 0.533. The number of nitrogens with one attached hydrogen (secondary N) is 1. The first-order chi connectivity index (χ1) is 8.51. The summed E-state index contributed by atoms with van der Waals surface area (Å²) in [4.78, 5) is 1.49. The van der Waals surface area contributed by atoms with Crippen LogP contribution in [0.15, 0.2) is 9.85 Å². The van der Waals surface area contributed by atoms with Gasteiger partial charge in [-0.1, -0.05) is 13.8 Å². The van der Waals surface area contributed by atoms with Gasteiger partial charge in [-0.15, -0.1) is 11.3 Å². The molecule has 0 bridgehead atoms. The van der Waals surface area contributed by atoms with Crippen LogP contribution < -0.4 is 5.32 Å². The molecular formula is C15H24BrNS. The van der Waals surface area contributed by atoms with Crippen LogP contribution in [0.4, 0.5) is 0 Å². The number of hydrogen-bond donors (Lipinski definition) is 1. The maximum absolute atomic E-state index is 3.65. The minimum Gasteiger partial charge on any atom is -0.312 e. The highest BCUT2D eigenvalue weighted by atomic mass is 79.9. The molecule has 1 aliphatic rings.